The van der Waals surface area contributed by atoms with E-state index in [0.29, 0.717) is 24.7 Å². The molecular formula is C27H36N4O3. The van der Waals surface area contributed by atoms with Crippen LogP contribution in [0.3, 0.4) is 0 Å². The van der Waals surface area contributed by atoms with Crippen LogP contribution < -0.4 is 5.73 Å². The van der Waals surface area contributed by atoms with Crippen LogP contribution in [-0.2, 0) is 9.59 Å². The molecule has 3 fully saturated rings. The maximum atomic E-state index is 14.1. The summed E-state index contributed by atoms with van der Waals surface area (Å²) in [5, 5.41) is 0.894. The highest BCUT2D eigenvalue weighted by molar-refractivity contribution is 5.99. The predicted octanol–water partition coefficient (Wildman–Crippen LogP) is 3.72. The summed E-state index contributed by atoms with van der Waals surface area (Å²) in [6.45, 7) is 7.28. The second-order valence-electron chi connectivity index (χ2n) is 11.5. The molecule has 0 radical (unpaired) electrons. The summed E-state index contributed by atoms with van der Waals surface area (Å²) in [4.78, 5) is 43.7. The minimum atomic E-state index is -0.572. The first-order valence-electron chi connectivity index (χ1n) is 12.7. The van der Waals surface area contributed by atoms with E-state index >= 15 is 0 Å². The number of primary amides is 1. The van der Waals surface area contributed by atoms with Crippen molar-refractivity contribution in [1.29, 1.82) is 0 Å². The van der Waals surface area contributed by atoms with Crippen molar-refractivity contribution in [3.05, 3.63) is 36.0 Å². The highest BCUT2D eigenvalue weighted by atomic mass is 16.2. The van der Waals surface area contributed by atoms with Gasteiger partial charge >= 0.3 is 0 Å². The number of aromatic nitrogens is 1. The number of para-hydroxylation sites is 1. The monoisotopic (exact) mass is 464 g/mol. The predicted molar refractivity (Wildman–Crippen MR) is 131 cm³/mol. The number of carbonyl (C=O) groups excluding carboxylic acids is 3. The third-order valence-electron chi connectivity index (χ3n) is 8.07. The number of benzene rings is 1. The Morgan fingerprint density at radius 3 is 2.24 bits per heavy atom. The zero-order valence-electron chi connectivity index (χ0n) is 20.5. The number of nitrogens with two attached hydrogens (primary N) is 1. The number of hydrogen-bond donors (Lipinski definition) is 1. The van der Waals surface area contributed by atoms with Crippen molar-refractivity contribution < 1.29 is 14.4 Å². The van der Waals surface area contributed by atoms with E-state index in [4.69, 9.17) is 5.73 Å². The fourth-order valence-corrected chi connectivity index (χ4v) is 6.46. The minimum absolute atomic E-state index is 0.00798. The summed E-state index contributed by atoms with van der Waals surface area (Å²) in [5.74, 6) is -0.0814. The molecule has 5 rings (SSSR count). The van der Waals surface area contributed by atoms with Crippen LogP contribution in [0.25, 0.3) is 10.9 Å². The molecular weight excluding hydrogens is 428 g/mol. The molecule has 1 aromatic carbocycles. The minimum Gasteiger partial charge on any atom is -0.364 e. The molecule has 182 valence electrons. The molecule has 0 unspecified atom stereocenters. The van der Waals surface area contributed by atoms with Gasteiger partial charge in [-0.15, -0.1) is 0 Å². The van der Waals surface area contributed by atoms with Crippen molar-refractivity contribution in [3.8, 4) is 0 Å². The molecule has 7 heteroatoms. The number of fused-ring (bicyclic) bond motifs is 3. The van der Waals surface area contributed by atoms with Crippen LogP contribution in [-0.4, -0.2) is 57.3 Å². The molecule has 0 spiro atoms. The van der Waals surface area contributed by atoms with Gasteiger partial charge in [-0.1, -0.05) is 58.2 Å². The van der Waals surface area contributed by atoms with Crippen molar-refractivity contribution in [2.75, 3.05) is 13.1 Å². The molecule has 2 aliphatic heterocycles. The van der Waals surface area contributed by atoms with Gasteiger partial charge in [-0.25, -0.2) is 0 Å². The van der Waals surface area contributed by atoms with Crippen LogP contribution in [0, 0.1) is 11.3 Å². The Bertz CT molecular complexity index is 1120. The van der Waals surface area contributed by atoms with E-state index < -0.39 is 17.4 Å². The number of likely N-dealkylation sites (tertiary alicyclic amines) is 2. The van der Waals surface area contributed by atoms with Gasteiger partial charge in [-0.05, 0) is 36.8 Å². The molecule has 2 saturated heterocycles. The fraction of sp³-hybridized carbons (Fsp3) is 0.593. The van der Waals surface area contributed by atoms with Crippen LogP contribution in [0.1, 0.15) is 75.8 Å². The number of hydrogen-bond acceptors (Lipinski definition) is 3. The zero-order valence-corrected chi connectivity index (χ0v) is 20.5. The van der Waals surface area contributed by atoms with E-state index in [-0.39, 0.29) is 23.9 Å². The van der Waals surface area contributed by atoms with Crippen molar-refractivity contribution in [2.45, 2.75) is 77.4 Å². The molecule has 3 heterocycles. The Hall–Kier alpha value is -2.83. The number of carbonyl (C=O) groups is 3. The summed E-state index contributed by atoms with van der Waals surface area (Å²) in [7, 11) is 0. The summed E-state index contributed by atoms with van der Waals surface area (Å²) in [6.07, 6.45) is 6.35. The Balaban J connectivity index is 1.43. The first kappa shape index (κ1) is 22.9. The Labute approximate surface area is 201 Å². The Morgan fingerprint density at radius 2 is 1.62 bits per heavy atom. The standard InChI is InChI=1S/C27H36N4O3/c1-27(2,3)23(31-21-12-8-7-11-18(21)13-22(31)24(28)32)26(34)30-16-19-14-20(30)15-29(19)25(33)17-9-5-4-6-10-17/h7-8,11-13,17,19-20,23H,4-6,9-10,14-16H2,1-3H3,(H2,28,32)/t19-,20-,23+/m0/s1. The molecule has 3 atom stereocenters. The van der Waals surface area contributed by atoms with Crippen LogP contribution in [0.5, 0.6) is 0 Å². The summed E-state index contributed by atoms with van der Waals surface area (Å²) >= 11 is 0. The smallest absolute Gasteiger partial charge is 0.265 e. The largest absolute Gasteiger partial charge is 0.364 e. The molecule has 1 saturated carbocycles. The van der Waals surface area contributed by atoms with Gasteiger partial charge < -0.3 is 20.1 Å². The number of rotatable bonds is 4. The van der Waals surface area contributed by atoms with Gasteiger partial charge in [0.25, 0.3) is 5.91 Å². The summed E-state index contributed by atoms with van der Waals surface area (Å²) in [6, 6.07) is 9.06. The lowest BCUT2D eigenvalue weighted by atomic mass is 9.85. The van der Waals surface area contributed by atoms with E-state index in [1.165, 1.54) is 6.42 Å². The van der Waals surface area contributed by atoms with E-state index in [2.05, 4.69) is 4.90 Å². The van der Waals surface area contributed by atoms with Crippen molar-refractivity contribution in [3.63, 3.8) is 0 Å². The average Bonchev–Trinajstić information content (AvgIpc) is 3.51. The number of nitrogens with zero attached hydrogens (tertiary/aromatic N) is 3. The van der Waals surface area contributed by atoms with Crippen LogP contribution in [0.2, 0.25) is 0 Å². The Kier molecular flexibility index (Phi) is 5.69. The van der Waals surface area contributed by atoms with Gasteiger partial charge in [-0.2, -0.15) is 0 Å². The van der Waals surface area contributed by atoms with Crippen molar-refractivity contribution in [2.24, 2.45) is 17.1 Å². The normalized spacial score (nSPS) is 24.1. The second kappa shape index (κ2) is 8.43. The number of piperazine rings is 1. The van der Waals surface area contributed by atoms with Gasteiger partial charge in [0.2, 0.25) is 11.8 Å². The summed E-state index contributed by atoms with van der Waals surface area (Å²) in [5.41, 5.74) is 6.52. The maximum Gasteiger partial charge on any atom is 0.265 e. The molecule has 2 bridgehead atoms. The lowest BCUT2D eigenvalue weighted by molar-refractivity contribution is -0.146. The lowest BCUT2D eigenvalue weighted by Gasteiger charge is -2.41. The molecule has 2 aromatic rings. The van der Waals surface area contributed by atoms with Crippen LogP contribution >= 0.6 is 0 Å². The van der Waals surface area contributed by atoms with Crippen molar-refractivity contribution in [1.82, 2.24) is 14.4 Å². The third kappa shape index (κ3) is 3.79. The van der Waals surface area contributed by atoms with E-state index in [1.54, 1.807) is 6.07 Å². The highest BCUT2D eigenvalue weighted by Crippen LogP contribution is 2.41. The second-order valence-corrected chi connectivity index (χ2v) is 11.5. The first-order valence-corrected chi connectivity index (χ1v) is 12.7. The van der Waals surface area contributed by atoms with Crippen LogP contribution in [0.4, 0.5) is 0 Å². The quantitative estimate of drug-likeness (QED) is 0.748. The Morgan fingerprint density at radius 1 is 0.971 bits per heavy atom. The van der Waals surface area contributed by atoms with Gasteiger partial charge in [0.05, 0.1) is 12.1 Å². The SMILES string of the molecule is CC(C)(C)[C@@H](C(=O)N1C[C@@H]2C[C@H]1CN2C(=O)C1CCCCC1)n1c(C(N)=O)cc2ccccc21. The van der Waals surface area contributed by atoms with E-state index in [0.717, 1.165) is 43.0 Å². The molecule has 34 heavy (non-hydrogen) atoms. The van der Waals surface area contributed by atoms with Gasteiger partial charge in [-0.3, -0.25) is 14.4 Å². The topological polar surface area (TPSA) is 88.6 Å². The molecule has 7 nitrogen and oxygen atoms in total. The molecule has 1 aliphatic carbocycles. The average molecular weight is 465 g/mol. The van der Waals surface area contributed by atoms with Crippen LogP contribution in [0.15, 0.2) is 30.3 Å². The highest BCUT2D eigenvalue weighted by Gasteiger charge is 2.51. The maximum absolute atomic E-state index is 14.1. The number of amides is 3. The molecule has 2 N–H and O–H groups in total. The first-order chi connectivity index (χ1) is 16.2. The molecule has 1 aromatic heterocycles. The summed E-state index contributed by atoms with van der Waals surface area (Å²) < 4.78 is 1.84. The fourth-order valence-electron chi connectivity index (χ4n) is 6.46. The van der Waals surface area contributed by atoms with Gasteiger partial charge in [0, 0.05) is 29.9 Å². The third-order valence-corrected chi connectivity index (χ3v) is 8.07. The van der Waals surface area contributed by atoms with E-state index in [1.807, 2.05) is 54.5 Å². The molecule has 3 aliphatic rings. The van der Waals surface area contributed by atoms with Gasteiger partial charge in [0.1, 0.15) is 11.7 Å². The van der Waals surface area contributed by atoms with E-state index in [9.17, 15) is 14.4 Å². The molecule has 3 amide bonds. The zero-order chi connectivity index (χ0) is 24.2. The van der Waals surface area contributed by atoms with Crippen molar-refractivity contribution >= 4 is 28.6 Å². The van der Waals surface area contributed by atoms with Gasteiger partial charge in [0.15, 0.2) is 0 Å². The lowest BCUT2D eigenvalue weighted by Crippen LogP contribution is -2.54.